The molecular formula is C48H69N9O16. The number of nitrogens with zero attached hydrogens (tertiary/aromatic N) is 4. The topological polar surface area (TPSA) is 365 Å². The van der Waals surface area contributed by atoms with E-state index < -0.39 is 77.7 Å². The van der Waals surface area contributed by atoms with E-state index in [0.717, 1.165) is 16.3 Å². The summed E-state index contributed by atoms with van der Waals surface area (Å²) >= 11 is 0. The molecule has 1 saturated carbocycles. The average Bonchev–Trinajstić information content (AvgIpc) is 4.00. The summed E-state index contributed by atoms with van der Waals surface area (Å²) in [7, 11) is 0. The second-order valence-electron chi connectivity index (χ2n) is 18.5. The zero-order valence-corrected chi connectivity index (χ0v) is 40.8. The molecule has 1 saturated heterocycles. The molecule has 2 aliphatic rings. The lowest BCUT2D eigenvalue weighted by Crippen LogP contribution is -2.53. The van der Waals surface area contributed by atoms with Gasteiger partial charge >= 0.3 is 41.8 Å². The van der Waals surface area contributed by atoms with Gasteiger partial charge in [0.15, 0.2) is 0 Å². The first-order chi connectivity index (χ1) is 34.7. The van der Waals surface area contributed by atoms with Crippen molar-refractivity contribution < 1.29 is 78.6 Å². The molecule has 73 heavy (non-hydrogen) atoms. The van der Waals surface area contributed by atoms with E-state index in [1.165, 1.54) is 0 Å². The SMILES string of the molecule is O=C(O)CC1CC1(NC(=O)N[C@@H](CCCCNC(=O)[C@H](Cc1ccc2ccccc2c1)NC(=O)CCCCCNC(=O)CN1CCN(CC(=O)O)CCN(CC(=O)O)CCN(CC(=O)O)CC1)C(=O)O)C(=O)O. The molecule has 1 aliphatic heterocycles. The van der Waals surface area contributed by atoms with Gasteiger partial charge in [-0.25, -0.2) is 14.4 Å². The van der Waals surface area contributed by atoms with Crippen molar-refractivity contribution in [2.75, 3.05) is 91.6 Å². The van der Waals surface area contributed by atoms with Crippen LogP contribution in [0, 0.1) is 5.92 Å². The molecule has 25 heteroatoms. The number of unbranched alkanes of at least 4 members (excludes halogenated alkanes) is 3. The summed E-state index contributed by atoms with van der Waals surface area (Å²) in [6.07, 6.45) is 1.63. The molecule has 0 aromatic heterocycles. The number of carbonyl (C=O) groups is 10. The fourth-order valence-corrected chi connectivity index (χ4v) is 8.65. The molecule has 2 unspecified atom stereocenters. The van der Waals surface area contributed by atoms with Crippen molar-refractivity contribution in [1.29, 1.82) is 0 Å². The number of amides is 5. The number of urea groups is 1. The third-order valence-corrected chi connectivity index (χ3v) is 12.7. The predicted molar refractivity (Wildman–Crippen MR) is 260 cm³/mol. The van der Waals surface area contributed by atoms with Crippen molar-refractivity contribution in [3.05, 3.63) is 48.0 Å². The predicted octanol–water partition coefficient (Wildman–Crippen LogP) is -0.624. The van der Waals surface area contributed by atoms with Crippen molar-refractivity contribution in [3.8, 4) is 0 Å². The quantitative estimate of drug-likeness (QED) is 0.0452. The Labute approximate surface area is 421 Å². The highest BCUT2D eigenvalue weighted by atomic mass is 16.4. The summed E-state index contributed by atoms with van der Waals surface area (Å²) in [6.45, 7) is 1.64. The molecule has 2 aromatic rings. The van der Waals surface area contributed by atoms with Gasteiger partial charge in [-0.1, -0.05) is 48.9 Å². The van der Waals surface area contributed by atoms with E-state index in [4.69, 9.17) is 5.11 Å². The summed E-state index contributed by atoms with van der Waals surface area (Å²) < 4.78 is 0. The molecule has 11 N–H and O–H groups in total. The van der Waals surface area contributed by atoms with Crippen LogP contribution in [0.15, 0.2) is 42.5 Å². The number of hydrogen-bond donors (Lipinski definition) is 11. The number of carboxylic acids is 6. The molecule has 4 atom stereocenters. The number of nitrogens with one attached hydrogen (secondary N) is 5. The minimum atomic E-state index is -1.81. The fourth-order valence-electron chi connectivity index (χ4n) is 8.65. The smallest absolute Gasteiger partial charge is 0.329 e. The second-order valence-corrected chi connectivity index (χ2v) is 18.5. The molecule has 0 radical (unpaired) electrons. The number of rotatable bonds is 29. The van der Waals surface area contributed by atoms with Gasteiger partial charge in [-0.15, -0.1) is 0 Å². The van der Waals surface area contributed by atoms with Crippen molar-refractivity contribution in [3.63, 3.8) is 0 Å². The Bertz CT molecular complexity index is 2240. The van der Waals surface area contributed by atoms with Gasteiger partial charge < -0.3 is 57.2 Å². The van der Waals surface area contributed by atoms with E-state index in [1.807, 2.05) is 47.4 Å². The van der Waals surface area contributed by atoms with Crippen LogP contribution in [0.4, 0.5) is 4.79 Å². The van der Waals surface area contributed by atoms with E-state index in [0.29, 0.717) is 38.9 Å². The Hall–Kier alpha value is -6.96. The molecule has 0 spiro atoms. The van der Waals surface area contributed by atoms with Gasteiger partial charge in [-0.2, -0.15) is 0 Å². The van der Waals surface area contributed by atoms with Crippen LogP contribution in [0.3, 0.4) is 0 Å². The highest BCUT2D eigenvalue weighted by Gasteiger charge is 2.62. The zero-order chi connectivity index (χ0) is 53.5. The van der Waals surface area contributed by atoms with Gasteiger partial charge in [0.25, 0.3) is 0 Å². The van der Waals surface area contributed by atoms with Crippen molar-refractivity contribution in [1.82, 2.24) is 46.2 Å². The largest absolute Gasteiger partial charge is 0.481 e. The normalized spacial score (nSPS) is 18.9. The third kappa shape index (κ3) is 21.3. The monoisotopic (exact) mass is 1030 g/mol. The molecule has 1 aliphatic carbocycles. The summed E-state index contributed by atoms with van der Waals surface area (Å²) in [5.41, 5.74) is -1.01. The standard InChI is InChI=1S/C48H69N9O16/c58-38(11-2-1-6-14-49-39(59)28-54-16-18-55(29-41(62)63)20-22-57(31-43(66)67)23-21-56(19-17-54)30-42(64)65)51-37(25-32-12-13-33-8-3-4-9-34(33)24-32)44(68)50-15-7-5-10-36(45(69)70)52-47(73)53-48(46(71)72)27-35(48)26-40(60)61/h3-4,8-9,12-13,24,35-37H,1-2,5-7,10-11,14-23,25-31H2,(H,49,59)(H,50,68)(H,51,58)(H,60,61)(H,62,63)(H,64,65)(H,66,67)(H,69,70)(H,71,72)(H2,52,53,73)/t35?,36-,37-,48?/m0/s1. The third-order valence-electron chi connectivity index (χ3n) is 12.7. The number of fused-ring (bicyclic) bond motifs is 1. The lowest BCUT2D eigenvalue weighted by molar-refractivity contribution is -0.142. The van der Waals surface area contributed by atoms with Crippen molar-refractivity contribution in [2.45, 2.75) is 81.8 Å². The molecule has 2 fully saturated rings. The Morgan fingerprint density at radius 2 is 1.10 bits per heavy atom. The molecule has 0 bridgehead atoms. The maximum absolute atomic E-state index is 13.6. The van der Waals surface area contributed by atoms with Crippen LogP contribution < -0.4 is 26.6 Å². The summed E-state index contributed by atoms with van der Waals surface area (Å²) in [4.78, 5) is 129. The van der Waals surface area contributed by atoms with Gasteiger partial charge in [0, 0.05) is 84.2 Å². The lowest BCUT2D eigenvalue weighted by Gasteiger charge is -2.32. The first-order valence-corrected chi connectivity index (χ1v) is 24.4. The van der Waals surface area contributed by atoms with Crippen molar-refractivity contribution >= 4 is 70.3 Å². The molecule has 402 valence electrons. The molecule has 1 heterocycles. The Kier molecular flexibility index (Phi) is 23.7. The first kappa shape index (κ1) is 58.6. The van der Waals surface area contributed by atoms with Crippen LogP contribution in [-0.2, 0) is 49.6 Å². The minimum Gasteiger partial charge on any atom is -0.481 e. The maximum atomic E-state index is 13.6. The highest BCUT2D eigenvalue weighted by molar-refractivity contribution is 5.92. The molecule has 4 rings (SSSR count). The van der Waals surface area contributed by atoms with Crippen LogP contribution in [0.25, 0.3) is 10.8 Å². The number of aliphatic carboxylic acids is 6. The zero-order valence-electron chi connectivity index (χ0n) is 40.8. The molecule has 25 nitrogen and oxygen atoms in total. The van der Waals surface area contributed by atoms with Gasteiger partial charge in [0.1, 0.15) is 17.6 Å². The summed E-state index contributed by atoms with van der Waals surface area (Å²) in [6, 6.07) is 9.94. The number of hydrogen-bond acceptors (Lipinski definition) is 14. The van der Waals surface area contributed by atoms with Gasteiger partial charge in [-0.05, 0) is 54.9 Å². The molecular weight excluding hydrogens is 959 g/mol. The molecule has 2 aromatic carbocycles. The summed E-state index contributed by atoms with van der Waals surface area (Å²) in [5.74, 6) is -9.19. The molecule has 5 amide bonds. The van der Waals surface area contributed by atoms with E-state index >= 15 is 0 Å². The summed E-state index contributed by atoms with van der Waals surface area (Å²) in [5, 5.41) is 71.6. The number of carbonyl (C=O) groups excluding carboxylic acids is 4. The number of carboxylic acid groups (broad SMARTS) is 6. The van der Waals surface area contributed by atoms with E-state index in [-0.39, 0.29) is 122 Å². The van der Waals surface area contributed by atoms with Crippen LogP contribution >= 0.6 is 0 Å². The minimum absolute atomic E-state index is 0.0371. The van der Waals surface area contributed by atoms with E-state index in [9.17, 15) is 73.5 Å². The fraction of sp³-hybridized carbons (Fsp3) is 0.583. The first-order valence-electron chi connectivity index (χ1n) is 24.4. The van der Waals surface area contributed by atoms with Crippen LogP contribution in [0.1, 0.15) is 63.4 Å². The van der Waals surface area contributed by atoms with E-state index in [2.05, 4.69) is 26.6 Å². The van der Waals surface area contributed by atoms with Gasteiger partial charge in [-0.3, -0.25) is 53.2 Å². The second kappa shape index (κ2) is 29.5. The Balaban J connectivity index is 1.24. The van der Waals surface area contributed by atoms with Gasteiger partial charge in [0.05, 0.1) is 32.6 Å². The highest BCUT2D eigenvalue weighted by Crippen LogP contribution is 2.46. The van der Waals surface area contributed by atoms with Crippen LogP contribution in [0.2, 0.25) is 0 Å². The van der Waals surface area contributed by atoms with Crippen molar-refractivity contribution in [2.24, 2.45) is 5.92 Å². The maximum Gasteiger partial charge on any atom is 0.329 e. The Morgan fingerprint density at radius 3 is 1.63 bits per heavy atom. The lowest BCUT2D eigenvalue weighted by atomic mass is 10.0. The van der Waals surface area contributed by atoms with E-state index in [1.54, 1.807) is 14.7 Å². The van der Waals surface area contributed by atoms with Crippen LogP contribution in [0.5, 0.6) is 0 Å². The van der Waals surface area contributed by atoms with Gasteiger partial charge in [0.2, 0.25) is 17.7 Å². The number of benzene rings is 2. The van der Waals surface area contributed by atoms with Crippen LogP contribution in [-0.4, -0.2) is 219 Å². The Morgan fingerprint density at radius 1 is 0.562 bits per heavy atom. The average molecular weight is 1030 g/mol.